The second-order valence-electron chi connectivity index (χ2n) is 7.45. The van der Waals surface area contributed by atoms with E-state index in [0.717, 1.165) is 50.1 Å². The van der Waals surface area contributed by atoms with Gasteiger partial charge in [0.15, 0.2) is 0 Å². The number of carbonyl (C=O) groups is 2. The predicted octanol–water partition coefficient (Wildman–Crippen LogP) is 1.92. The van der Waals surface area contributed by atoms with E-state index < -0.39 is 10.0 Å². The van der Waals surface area contributed by atoms with Crippen LogP contribution in [0.25, 0.3) is 0 Å². The highest BCUT2D eigenvalue weighted by Crippen LogP contribution is 2.37. The molecule has 3 heterocycles. The molecule has 4 rings (SSSR count). The standard InChI is InChI=1S/C19H25N3O4S2/c23-18(20-8-4-5-9-20)13-22-16-12-15(6-7-17(16)27-14-19(22)24)28(25,26)21-10-2-1-3-11-21/h6-7,12H,1-5,8-11,13-14H2. The zero-order chi connectivity index (χ0) is 19.7. The third kappa shape index (κ3) is 3.79. The molecule has 28 heavy (non-hydrogen) atoms. The molecule has 0 aromatic heterocycles. The minimum absolute atomic E-state index is 0.0282. The number of anilines is 1. The fourth-order valence-corrected chi connectivity index (χ4v) is 6.43. The molecule has 0 unspecified atom stereocenters. The number of hydrogen-bond acceptors (Lipinski definition) is 5. The first kappa shape index (κ1) is 19.7. The lowest BCUT2D eigenvalue weighted by Gasteiger charge is -2.31. The fourth-order valence-electron chi connectivity index (χ4n) is 3.97. The van der Waals surface area contributed by atoms with Crippen molar-refractivity contribution in [3.05, 3.63) is 18.2 Å². The van der Waals surface area contributed by atoms with Crippen LogP contribution in [0, 0.1) is 0 Å². The van der Waals surface area contributed by atoms with Gasteiger partial charge < -0.3 is 9.80 Å². The molecule has 0 spiro atoms. The van der Waals surface area contributed by atoms with Gasteiger partial charge in [-0.15, -0.1) is 11.8 Å². The van der Waals surface area contributed by atoms with Gasteiger partial charge in [0.05, 0.1) is 16.3 Å². The Labute approximate surface area is 170 Å². The lowest BCUT2D eigenvalue weighted by Crippen LogP contribution is -2.44. The van der Waals surface area contributed by atoms with Gasteiger partial charge in [0.2, 0.25) is 21.8 Å². The average molecular weight is 424 g/mol. The van der Waals surface area contributed by atoms with E-state index in [4.69, 9.17) is 0 Å². The summed E-state index contributed by atoms with van der Waals surface area (Å²) in [6.07, 6.45) is 4.77. The Balaban J connectivity index is 1.62. The van der Waals surface area contributed by atoms with Crippen molar-refractivity contribution in [3.8, 4) is 0 Å². The van der Waals surface area contributed by atoms with Crippen LogP contribution >= 0.6 is 11.8 Å². The Bertz CT molecular complexity index is 875. The van der Waals surface area contributed by atoms with E-state index in [1.807, 2.05) is 0 Å². The molecule has 7 nitrogen and oxygen atoms in total. The molecule has 0 N–H and O–H groups in total. The summed E-state index contributed by atoms with van der Waals surface area (Å²) >= 11 is 1.39. The molecule has 2 fully saturated rings. The van der Waals surface area contributed by atoms with Gasteiger partial charge in [-0.3, -0.25) is 9.59 Å². The summed E-state index contributed by atoms with van der Waals surface area (Å²) in [5, 5.41) is 0. The lowest BCUT2D eigenvalue weighted by molar-refractivity contribution is -0.130. The van der Waals surface area contributed by atoms with E-state index in [1.165, 1.54) is 21.0 Å². The third-order valence-electron chi connectivity index (χ3n) is 5.58. The maximum Gasteiger partial charge on any atom is 0.243 e. The molecule has 0 radical (unpaired) electrons. The van der Waals surface area contributed by atoms with Gasteiger partial charge in [-0.25, -0.2) is 8.42 Å². The SMILES string of the molecule is O=C(CN1C(=O)CSc2ccc(S(=O)(=O)N3CCCCC3)cc21)N1CCCC1. The normalized spacial score (nSPS) is 21.1. The summed E-state index contributed by atoms with van der Waals surface area (Å²) in [5.41, 5.74) is 0.534. The fraction of sp³-hybridized carbons (Fsp3) is 0.579. The highest BCUT2D eigenvalue weighted by Gasteiger charge is 2.32. The van der Waals surface area contributed by atoms with Crippen LogP contribution in [-0.4, -0.2) is 67.9 Å². The Morgan fingerprint density at radius 1 is 1.00 bits per heavy atom. The third-order valence-corrected chi connectivity index (χ3v) is 8.52. The van der Waals surface area contributed by atoms with Crippen LogP contribution in [0.5, 0.6) is 0 Å². The molecule has 152 valence electrons. The second kappa shape index (κ2) is 8.04. The second-order valence-corrected chi connectivity index (χ2v) is 10.4. The van der Waals surface area contributed by atoms with Crippen molar-refractivity contribution in [2.24, 2.45) is 0 Å². The van der Waals surface area contributed by atoms with E-state index in [2.05, 4.69) is 0 Å². The van der Waals surface area contributed by atoms with Crippen molar-refractivity contribution in [2.45, 2.75) is 41.9 Å². The first-order chi connectivity index (χ1) is 13.5. The van der Waals surface area contributed by atoms with Crippen LogP contribution in [-0.2, 0) is 19.6 Å². The van der Waals surface area contributed by atoms with Crippen molar-refractivity contribution in [1.29, 1.82) is 0 Å². The van der Waals surface area contributed by atoms with E-state index in [-0.39, 0.29) is 29.0 Å². The number of amides is 2. The van der Waals surface area contributed by atoms with Crippen LogP contribution in [0.1, 0.15) is 32.1 Å². The lowest BCUT2D eigenvalue weighted by atomic mass is 10.2. The highest BCUT2D eigenvalue weighted by molar-refractivity contribution is 8.00. The number of thioether (sulfide) groups is 1. The quantitative estimate of drug-likeness (QED) is 0.739. The Hall–Kier alpha value is -1.58. The number of rotatable bonds is 4. The number of carbonyl (C=O) groups excluding carboxylic acids is 2. The Morgan fingerprint density at radius 3 is 2.39 bits per heavy atom. The predicted molar refractivity (Wildman–Crippen MR) is 108 cm³/mol. The molecule has 3 aliphatic heterocycles. The maximum atomic E-state index is 13.0. The number of benzene rings is 1. The molecule has 3 aliphatic rings. The van der Waals surface area contributed by atoms with Gasteiger partial charge in [0.1, 0.15) is 6.54 Å². The number of piperidine rings is 1. The molecular formula is C19H25N3O4S2. The molecule has 9 heteroatoms. The van der Waals surface area contributed by atoms with Gasteiger partial charge in [-0.05, 0) is 43.9 Å². The number of fused-ring (bicyclic) bond motifs is 1. The first-order valence-electron chi connectivity index (χ1n) is 9.82. The van der Waals surface area contributed by atoms with Crippen molar-refractivity contribution in [3.63, 3.8) is 0 Å². The molecule has 0 bridgehead atoms. The molecule has 1 aromatic carbocycles. The van der Waals surface area contributed by atoms with Crippen LogP contribution in [0.4, 0.5) is 5.69 Å². The smallest absolute Gasteiger partial charge is 0.243 e. The highest BCUT2D eigenvalue weighted by atomic mass is 32.2. The minimum atomic E-state index is -3.59. The summed E-state index contributed by atoms with van der Waals surface area (Å²) in [7, 11) is -3.59. The maximum absolute atomic E-state index is 13.0. The minimum Gasteiger partial charge on any atom is -0.341 e. The number of sulfonamides is 1. The van der Waals surface area contributed by atoms with E-state index in [0.29, 0.717) is 18.8 Å². The molecule has 1 aromatic rings. The van der Waals surface area contributed by atoms with Gasteiger partial charge in [-0.2, -0.15) is 4.31 Å². The topological polar surface area (TPSA) is 78.0 Å². The summed E-state index contributed by atoms with van der Waals surface area (Å²) < 4.78 is 27.6. The number of nitrogens with zero attached hydrogens (tertiary/aromatic N) is 3. The largest absolute Gasteiger partial charge is 0.341 e. The summed E-state index contributed by atoms with van der Waals surface area (Å²) in [6.45, 7) is 2.49. The van der Waals surface area contributed by atoms with Gasteiger partial charge in [-0.1, -0.05) is 6.42 Å². The Morgan fingerprint density at radius 2 is 1.68 bits per heavy atom. The molecular weight excluding hydrogens is 398 g/mol. The summed E-state index contributed by atoms with van der Waals surface area (Å²) in [5.74, 6) is 0.0314. The summed E-state index contributed by atoms with van der Waals surface area (Å²) in [6, 6.07) is 4.95. The van der Waals surface area contributed by atoms with Gasteiger partial charge >= 0.3 is 0 Å². The number of likely N-dealkylation sites (tertiary alicyclic amines) is 1. The van der Waals surface area contributed by atoms with Crippen LogP contribution < -0.4 is 4.90 Å². The average Bonchev–Trinajstić information content (AvgIpc) is 3.25. The van der Waals surface area contributed by atoms with Crippen molar-refractivity contribution >= 4 is 39.3 Å². The monoisotopic (exact) mass is 423 g/mol. The van der Waals surface area contributed by atoms with E-state index >= 15 is 0 Å². The van der Waals surface area contributed by atoms with Gasteiger partial charge in [0, 0.05) is 31.1 Å². The molecule has 0 saturated carbocycles. The van der Waals surface area contributed by atoms with Crippen LogP contribution in [0.3, 0.4) is 0 Å². The first-order valence-corrected chi connectivity index (χ1v) is 12.2. The van der Waals surface area contributed by atoms with Gasteiger partial charge in [0.25, 0.3) is 0 Å². The van der Waals surface area contributed by atoms with E-state index in [1.54, 1.807) is 23.1 Å². The van der Waals surface area contributed by atoms with E-state index in [9.17, 15) is 18.0 Å². The molecule has 0 atom stereocenters. The molecule has 2 saturated heterocycles. The van der Waals surface area contributed by atoms with Crippen molar-refractivity contribution < 1.29 is 18.0 Å². The van der Waals surface area contributed by atoms with Crippen LogP contribution in [0.15, 0.2) is 28.0 Å². The van der Waals surface area contributed by atoms with Crippen molar-refractivity contribution in [1.82, 2.24) is 9.21 Å². The zero-order valence-electron chi connectivity index (χ0n) is 15.8. The number of hydrogen-bond donors (Lipinski definition) is 0. The van der Waals surface area contributed by atoms with Crippen LogP contribution in [0.2, 0.25) is 0 Å². The molecule has 0 aliphatic carbocycles. The molecule has 2 amide bonds. The Kier molecular flexibility index (Phi) is 5.66. The summed E-state index contributed by atoms with van der Waals surface area (Å²) in [4.78, 5) is 29.4. The van der Waals surface area contributed by atoms with Crippen molar-refractivity contribution in [2.75, 3.05) is 43.4 Å². The zero-order valence-corrected chi connectivity index (χ0v) is 17.4.